The van der Waals surface area contributed by atoms with E-state index in [1.807, 2.05) is 24.3 Å². The molecule has 0 saturated carbocycles. The summed E-state index contributed by atoms with van der Waals surface area (Å²) in [6.07, 6.45) is 3.31. The van der Waals surface area contributed by atoms with Gasteiger partial charge in [0.25, 0.3) is 0 Å². The lowest BCUT2D eigenvalue weighted by Crippen LogP contribution is -2.37. The van der Waals surface area contributed by atoms with E-state index in [-0.39, 0.29) is 18.7 Å². The third-order valence-corrected chi connectivity index (χ3v) is 5.95. The molecule has 0 aromatic heterocycles. The zero-order valence-electron chi connectivity index (χ0n) is 16.2. The molecule has 1 amide bonds. The molecule has 2 aliphatic rings. The van der Waals surface area contributed by atoms with Crippen molar-refractivity contribution < 1.29 is 14.7 Å². The largest absolute Gasteiger partial charge is 0.481 e. The molecule has 1 N–H and O–H groups in total. The highest BCUT2D eigenvalue weighted by atomic mass is 16.4. The lowest BCUT2D eigenvalue weighted by molar-refractivity contribution is -0.138. The van der Waals surface area contributed by atoms with Gasteiger partial charge in [-0.15, -0.1) is 0 Å². The van der Waals surface area contributed by atoms with Crippen LogP contribution < -0.4 is 4.90 Å². The van der Waals surface area contributed by atoms with E-state index in [0.717, 1.165) is 42.0 Å². The van der Waals surface area contributed by atoms with E-state index in [4.69, 9.17) is 5.11 Å². The van der Waals surface area contributed by atoms with E-state index in [0.29, 0.717) is 6.04 Å². The number of nitrogens with zero attached hydrogens (tertiary/aromatic N) is 2. The highest BCUT2D eigenvalue weighted by Crippen LogP contribution is 2.51. The molecule has 1 unspecified atom stereocenters. The van der Waals surface area contributed by atoms with Crippen LogP contribution in [0.5, 0.6) is 0 Å². The Hall–Kier alpha value is -2.66. The molecule has 2 aromatic carbocycles. The number of hydrogen-bond donors (Lipinski definition) is 1. The van der Waals surface area contributed by atoms with Crippen molar-refractivity contribution >= 4 is 23.3 Å². The summed E-state index contributed by atoms with van der Waals surface area (Å²) >= 11 is 0. The average Bonchev–Trinajstić information content (AvgIpc) is 3.11. The second-order valence-corrected chi connectivity index (χ2v) is 7.73. The van der Waals surface area contributed by atoms with E-state index in [1.165, 1.54) is 18.4 Å². The van der Waals surface area contributed by atoms with Gasteiger partial charge in [-0.2, -0.15) is 0 Å². The lowest BCUT2D eigenvalue weighted by Gasteiger charge is -2.39. The minimum atomic E-state index is -0.941. The predicted molar refractivity (Wildman–Crippen MR) is 110 cm³/mol. The molecule has 2 heterocycles. The lowest BCUT2D eigenvalue weighted by atomic mass is 9.88. The molecule has 2 aliphatic heterocycles. The first-order valence-electron chi connectivity index (χ1n) is 10.1. The van der Waals surface area contributed by atoms with Crippen molar-refractivity contribution in [3.63, 3.8) is 0 Å². The Balaban J connectivity index is 1.61. The van der Waals surface area contributed by atoms with Gasteiger partial charge in [0, 0.05) is 30.1 Å². The summed E-state index contributed by atoms with van der Waals surface area (Å²) in [5.74, 6) is -1.08. The number of likely N-dealkylation sites (tertiary alicyclic amines) is 1. The quantitative estimate of drug-likeness (QED) is 0.783. The minimum absolute atomic E-state index is 0.0225. The van der Waals surface area contributed by atoms with E-state index in [9.17, 15) is 9.59 Å². The number of aliphatic carboxylic acids is 1. The summed E-state index contributed by atoms with van der Waals surface area (Å²) in [7, 11) is 0. The molecular formula is C23H26N2O3. The van der Waals surface area contributed by atoms with E-state index >= 15 is 0 Å². The number of fused-ring (bicyclic) bond motifs is 2. The van der Waals surface area contributed by atoms with Gasteiger partial charge in [0.05, 0.1) is 17.8 Å². The molecule has 5 heteroatoms. The number of carboxylic acid groups (broad SMARTS) is 1. The highest BCUT2D eigenvalue weighted by Gasteiger charge is 2.36. The van der Waals surface area contributed by atoms with Crippen LogP contribution in [0.3, 0.4) is 0 Å². The number of carboxylic acids is 1. The Morgan fingerprint density at radius 2 is 1.89 bits per heavy atom. The molecule has 0 spiro atoms. The van der Waals surface area contributed by atoms with Gasteiger partial charge in [-0.25, -0.2) is 0 Å². The summed E-state index contributed by atoms with van der Waals surface area (Å²) in [5.41, 5.74) is 5.26. The zero-order chi connectivity index (χ0) is 19.7. The van der Waals surface area contributed by atoms with Crippen LogP contribution in [0.15, 0.2) is 42.5 Å². The number of hydrogen-bond acceptors (Lipinski definition) is 3. The van der Waals surface area contributed by atoms with Gasteiger partial charge >= 0.3 is 5.97 Å². The summed E-state index contributed by atoms with van der Waals surface area (Å²) in [6.45, 7) is 4.42. The van der Waals surface area contributed by atoms with Crippen LogP contribution in [-0.2, 0) is 16.0 Å². The second kappa shape index (κ2) is 7.76. The monoisotopic (exact) mass is 378 g/mol. The molecule has 0 radical (unpaired) electrons. The fraction of sp³-hybridized carbons (Fsp3) is 0.391. The fourth-order valence-corrected chi connectivity index (χ4v) is 4.42. The van der Waals surface area contributed by atoms with Crippen molar-refractivity contribution in [2.75, 3.05) is 18.0 Å². The summed E-state index contributed by atoms with van der Waals surface area (Å²) in [5, 5.41) is 8.94. The Labute approximate surface area is 165 Å². The Morgan fingerprint density at radius 3 is 2.57 bits per heavy atom. The SMILES string of the molecule is CC1CCCN1CCc1c2ccc(-c3ccccc3)c1N2C(=O)CCC(=O)O. The van der Waals surface area contributed by atoms with Gasteiger partial charge in [0.1, 0.15) is 0 Å². The van der Waals surface area contributed by atoms with E-state index in [1.54, 1.807) is 4.90 Å². The number of carbonyl (C=O) groups excluding carboxylic acids is 1. The van der Waals surface area contributed by atoms with Gasteiger partial charge in [-0.05, 0) is 44.4 Å². The normalized spacial score (nSPS) is 18.2. The van der Waals surface area contributed by atoms with Gasteiger partial charge < -0.3 is 10.0 Å². The standard InChI is InChI=1S/C23H26N2O3/c1-16-6-5-14-24(16)15-13-19-20-10-9-18(17-7-3-2-4-8-17)23(19)25(20)21(26)11-12-22(27)28/h2-4,7-10,16H,5-6,11-15H2,1H3,(H,27,28). The van der Waals surface area contributed by atoms with Crippen LogP contribution in [0.1, 0.15) is 38.2 Å². The van der Waals surface area contributed by atoms with Crippen molar-refractivity contribution in [3.8, 4) is 11.1 Å². The maximum absolute atomic E-state index is 12.7. The van der Waals surface area contributed by atoms with Gasteiger partial charge in [-0.1, -0.05) is 36.4 Å². The Morgan fingerprint density at radius 1 is 1.11 bits per heavy atom. The molecule has 4 rings (SSSR count). The van der Waals surface area contributed by atoms with Crippen LogP contribution in [0.2, 0.25) is 0 Å². The first-order valence-corrected chi connectivity index (χ1v) is 10.1. The maximum atomic E-state index is 12.7. The molecule has 2 aromatic rings. The third-order valence-electron chi connectivity index (χ3n) is 5.95. The molecule has 0 aliphatic carbocycles. The molecule has 1 fully saturated rings. The zero-order valence-corrected chi connectivity index (χ0v) is 16.2. The van der Waals surface area contributed by atoms with Gasteiger partial charge in [0.15, 0.2) is 0 Å². The second-order valence-electron chi connectivity index (χ2n) is 7.73. The molecule has 5 nitrogen and oxygen atoms in total. The van der Waals surface area contributed by atoms with Crippen LogP contribution in [-0.4, -0.2) is 41.0 Å². The number of carbonyl (C=O) groups is 2. The topological polar surface area (TPSA) is 60.9 Å². The fourth-order valence-electron chi connectivity index (χ4n) is 4.42. The van der Waals surface area contributed by atoms with E-state index in [2.05, 4.69) is 30.0 Å². The third kappa shape index (κ3) is 3.42. The van der Waals surface area contributed by atoms with E-state index < -0.39 is 5.97 Å². The first-order chi connectivity index (χ1) is 13.6. The Bertz CT molecular complexity index is 894. The number of amides is 1. The summed E-state index contributed by atoms with van der Waals surface area (Å²) in [6, 6.07) is 14.8. The van der Waals surface area contributed by atoms with Crippen molar-refractivity contribution in [1.29, 1.82) is 0 Å². The number of anilines is 2. The average molecular weight is 378 g/mol. The summed E-state index contributed by atoms with van der Waals surface area (Å²) < 4.78 is 0. The molecule has 1 atom stereocenters. The van der Waals surface area contributed by atoms with Crippen molar-refractivity contribution in [2.45, 2.75) is 45.1 Å². The van der Waals surface area contributed by atoms with Crippen LogP contribution >= 0.6 is 0 Å². The highest BCUT2D eigenvalue weighted by molar-refractivity contribution is 6.13. The van der Waals surface area contributed by atoms with Crippen LogP contribution in [0, 0.1) is 0 Å². The van der Waals surface area contributed by atoms with Crippen molar-refractivity contribution in [3.05, 3.63) is 48.0 Å². The van der Waals surface area contributed by atoms with Gasteiger partial charge in [-0.3, -0.25) is 14.5 Å². The van der Waals surface area contributed by atoms with Crippen LogP contribution in [0.25, 0.3) is 11.1 Å². The number of benzene rings is 2. The maximum Gasteiger partial charge on any atom is 0.303 e. The minimum Gasteiger partial charge on any atom is -0.481 e. The van der Waals surface area contributed by atoms with Crippen molar-refractivity contribution in [2.24, 2.45) is 0 Å². The molecule has 146 valence electrons. The van der Waals surface area contributed by atoms with Gasteiger partial charge in [0.2, 0.25) is 5.91 Å². The number of rotatable bonds is 7. The molecule has 28 heavy (non-hydrogen) atoms. The molecule has 1 saturated heterocycles. The summed E-state index contributed by atoms with van der Waals surface area (Å²) in [4.78, 5) is 27.9. The smallest absolute Gasteiger partial charge is 0.303 e. The molecule has 2 bridgehead atoms. The first kappa shape index (κ1) is 18.7. The molecular weight excluding hydrogens is 352 g/mol. The van der Waals surface area contributed by atoms with Crippen molar-refractivity contribution in [1.82, 2.24) is 4.90 Å². The van der Waals surface area contributed by atoms with Crippen LogP contribution in [0.4, 0.5) is 11.4 Å². The Kier molecular flexibility index (Phi) is 5.18. The predicted octanol–water partition coefficient (Wildman–Crippen LogP) is 4.22.